The van der Waals surface area contributed by atoms with Crippen molar-refractivity contribution < 1.29 is 4.74 Å². The number of thioether (sulfide) groups is 1. The first kappa shape index (κ1) is 17.0. The summed E-state index contributed by atoms with van der Waals surface area (Å²) >= 11 is 3.51. The van der Waals surface area contributed by atoms with Gasteiger partial charge in [0.05, 0.1) is 5.69 Å². The third-order valence-electron chi connectivity index (χ3n) is 3.49. The number of rotatable bonds is 9. The van der Waals surface area contributed by atoms with Crippen LogP contribution in [0.25, 0.3) is 0 Å². The van der Waals surface area contributed by atoms with Gasteiger partial charge in [-0.15, -0.1) is 11.3 Å². The molecule has 0 aliphatic rings. The van der Waals surface area contributed by atoms with E-state index in [1.165, 1.54) is 0 Å². The molecule has 0 aliphatic carbocycles. The minimum atomic E-state index is -0.225. The smallest absolute Gasteiger partial charge is 0.125 e. The molecule has 0 spiro atoms. The van der Waals surface area contributed by atoms with E-state index in [1.54, 1.807) is 11.3 Å². The van der Waals surface area contributed by atoms with E-state index in [0.717, 1.165) is 42.3 Å². The standard InChI is InChI=1S/C14H26N2OS2/c1-5-14(6-2,17-7-3)13-16-12(10-19-13)11(15)8-9-18-4/h10-11H,5-9,15H2,1-4H3. The van der Waals surface area contributed by atoms with Crippen LogP contribution in [0.3, 0.4) is 0 Å². The topological polar surface area (TPSA) is 48.1 Å². The SMILES string of the molecule is CCOC(CC)(CC)c1nc(C(N)CCSC)cs1. The molecule has 5 heteroatoms. The maximum atomic E-state index is 6.18. The first-order chi connectivity index (χ1) is 9.13. The first-order valence-corrected chi connectivity index (χ1v) is 9.25. The number of ether oxygens (including phenoxy) is 1. The summed E-state index contributed by atoms with van der Waals surface area (Å²) in [5, 5.41) is 3.17. The van der Waals surface area contributed by atoms with Gasteiger partial charge in [0.25, 0.3) is 0 Å². The molecule has 1 rings (SSSR count). The van der Waals surface area contributed by atoms with Gasteiger partial charge in [0, 0.05) is 18.0 Å². The van der Waals surface area contributed by atoms with Crippen LogP contribution in [0.1, 0.15) is 56.8 Å². The Labute approximate surface area is 125 Å². The number of thiazole rings is 1. The predicted molar refractivity (Wildman–Crippen MR) is 85.9 cm³/mol. The zero-order chi connectivity index (χ0) is 14.3. The number of nitrogens with zero attached hydrogens (tertiary/aromatic N) is 1. The summed E-state index contributed by atoms with van der Waals surface area (Å²) in [7, 11) is 0. The van der Waals surface area contributed by atoms with Crippen LogP contribution in [0.15, 0.2) is 5.38 Å². The van der Waals surface area contributed by atoms with Crippen LogP contribution >= 0.6 is 23.1 Å². The highest BCUT2D eigenvalue weighted by Crippen LogP contribution is 2.36. The number of hydrogen-bond donors (Lipinski definition) is 1. The van der Waals surface area contributed by atoms with Gasteiger partial charge in [-0.05, 0) is 38.2 Å². The molecule has 0 aromatic carbocycles. The van der Waals surface area contributed by atoms with Crippen molar-refractivity contribution in [2.75, 3.05) is 18.6 Å². The summed E-state index contributed by atoms with van der Waals surface area (Å²) in [6.45, 7) is 7.08. The summed E-state index contributed by atoms with van der Waals surface area (Å²) in [5.41, 5.74) is 6.97. The molecule has 0 saturated heterocycles. The lowest BCUT2D eigenvalue weighted by molar-refractivity contribution is -0.0507. The number of nitrogens with two attached hydrogens (primary N) is 1. The molecule has 1 heterocycles. The molecule has 110 valence electrons. The first-order valence-electron chi connectivity index (χ1n) is 6.97. The molecule has 1 aromatic rings. The van der Waals surface area contributed by atoms with E-state index in [9.17, 15) is 0 Å². The van der Waals surface area contributed by atoms with E-state index in [1.807, 2.05) is 18.7 Å². The Balaban J connectivity index is 2.86. The van der Waals surface area contributed by atoms with Gasteiger partial charge >= 0.3 is 0 Å². The van der Waals surface area contributed by atoms with Gasteiger partial charge in [0.1, 0.15) is 10.6 Å². The Bertz CT molecular complexity index is 364. The maximum Gasteiger partial charge on any atom is 0.125 e. The van der Waals surface area contributed by atoms with Gasteiger partial charge in [-0.1, -0.05) is 13.8 Å². The van der Waals surface area contributed by atoms with E-state index >= 15 is 0 Å². The van der Waals surface area contributed by atoms with Crippen molar-refractivity contribution in [3.05, 3.63) is 16.1 Å². The molecular formula is C14H26N2OS2. The molecule has 0 amide bonds. The summed E-state index contributed by atoms with van der Waals surface area (Å²) in [6.07, 6.45) is 4.98. The number of aromatic nitrogens is 1. The lowest BCUT2D eigenvalue weighted by atomic mass is 9.98. The molecule has 2 N–H and O–H groups in total. The third-order valence-corrected chi connectivity index (χ3v) is 5.18. The zero-order valence-corrected chi connectivity index (χ0v) is 14.1. The molecule has 1 unspecified atom stereocenters. The molecule has 19 heavy (non-hydrogen) atoms. The van der Waals surface area contributed by atoms with Crippen molar-refractivity contribution in [1.82, 2.24) is 4.98 Å². The van der Waals surface area contributed by atoms with Gasteiger partial charge in [-0.3, -0.25) is 0 Å². The van der Waals surface area contributed by atoms with Gasteiger partial charge in [0.2, 0.25) is 0 Å². The van der Waals surface area contributed by atoms with Crippen LogP contribution < -0.4 is 5.73 Å². The van der Waals surface area contributed by atoms with Gasteiger partial charge in [-0.2, -0.15) is 11.8 Å². The summed E-state index contributed by atoms with van der Waals surface area (Å²) in [6, 6.07) is 0.0467. The molecule has 1 atom stereocenters. The fourth-order valence-corrected chi connectivity index (χ4v) is 3.82. The predicted octanol–water partition coefficient (Wildman–Crippen LogP) is 3.95. The average molecular weight is 303 g/mol. The lowest BCUT2D eigenvalue weighted by Gasteiger charge is -2.29. The normalized spacial score (nSPS) is 13.7. The second kappa shape index (κ2) is 8.25. The van der Waals surface area contributed by atoms with Crippen LogP contribution in [0.4, 0.5) is 0 Å². The average Bonchev–Trinajstić information content (AvgIpc) is 2.92. The lowest BCUT2D eigenvalue weighted by Crippen LogP contribution is -2.28. The molecule has 0 bridgehead atoms. The quantitative estimate of drug-likeness (QED) is 0.750. The highest BCUT2D eigenvalue weighted by Gasteiger charge is 2.32. The van der Waals surface area contributed by atoms with Crippen molar-refractivity contribution in [3.63, 3.8) is 0 Å². The summed E-state index contributed by atoms with van der Waals surface area (Å²) in [5.74, 6) is 1.08. The molecular weight excluding hydrogens is 276 g/mol. The highest BCUT2D eigenvalue weighted by atomic mass is 32.2. The zero-order valence-electron chi connectivity index (χ0n) is 12.4. The van der Waals surface area contributed by atoms with Gasteiger partial charge in [-0.25, -0.2) is 4.98 Å². The number of hydrogen-bond acceptors (Lipinski definition) is 5. The molecule has 0 fully saturated rings. The van der Waals surface area contributed by atoms with E-state index in [0.29, 0.717) is 0 Å². The molecule has 0 aliphatic heterocycles. The van der Waals surface area contributed by atoms with Crippen molar-refractivity contribution in [1.29, 1.82) is 0 Å². The van der Waals surface area contributed by atoms with E-state index in [-0.39, 0.29) is 11.6 Å². The Hall–Kier alpha value is -0.100. The summed E-state index contributed by atoms with van der Waals surface area (Å²) < 4.78 is 5.99. The largest absolute Gasteiger partial charge is 0.368 e. The second-order valence-electron chi connectivity index (χ2n) is 4.60. The Kier molecular flexibility index (Phi) is 7.36. The van der Waals surface area contributed by atoms with Crippen LogP contribution in [0.2, 0.25) is 0 Å². The molecule has 3 nitrogen and oxygen atoms in total. The monoisotopic (exact) mass is 302 g/mol. The van der Waals surface area contributed by atoms with Crippen LogP contribution in [0.5, 0.6) is 0 Å². The van der Waals surface area contributed by atoms with E-state index in [4.69, 9.17) is 15.5 Å². The van der Waals surface area contributed by atoms with Crippen molar-refractivity contribution in [2.24, 2.45) is 5.73 Å². The van der Waals surface area contributed by atoms with Gasteiger partial charge < -0.3 is 10.5 Å². The Morgan fingerprint density at radius 2 is 2.11 bits per heavy atom. The second-order valence-corrected chi connectivity index (χ2v) is 6.44. The third kappa shape index (κ3) is 4.18. The maximum absolute atomic E-state index is 6.18. The molecule has 0 radical (unpaired) electrons. The van der Waals surface area contributed by atoms with Crippen LogP contribution in [-0.2, 0) is 10.3 Å². The minimum Gasteiger partial charge on any atom is -0.368 e. The fourth-order valence-electron chi connectivity index (χ4n) is 2.15. The van der Waals surface area contributed by atoms with Gasteiger partial charge in [0.15, 0.2) is 0 Å². The van der Waals surface area contributed by atoms with Crippen LogP contribution in [-0.4, -0.2) is 23.6 Å². The van der Waals surface area contributed by atoms with E-state index < -0.39 is 0 Å². The molecule has 1 aromatic heterocycles. The highest BCUT2D eigenvalue weighted by molar-refractivity contribution is 7.98. The van der Waals surface area contributed by atoms with Crippen molar-refractivity contribution >= 4 is 23.1 Å². The van der Waals surface area contributed by atoms with Crippen LogP contribution in [0, 0.1) is 0 Å². The fraction of sp³-hybridized carbons (Fsp3) is 0.786. The summed E-state index contributed by atoms with van der Waals surface area (Å²) in [4.78, 5) is 4.76. The Morgan fingerprint density at radius 3 is 2.63 bits per heavy atom. The van der Waals surface area contributed by atoms with Crippen molar-refractivity contribution in [2.45, 2.75) is 51.7 Å². The molecule has 0 saturated carbocycles. The van der Waals surface area contributed by atoms with Crippen molar-refractivity contribution in [3.8, 4) is 0 Å². The van der Waals surface area contributed by atoms with E-state index in [2.05, 4.69) is 25.5 Å². The Morgan fingerprint density at radius 1 is 1.42 bits per heavy atom. The minimum absolute atomic E-state index is 0.0467.